The van der Waals surface area contributed by atoms with Crippen LogP contribution in [0, 0.1) is 17.5 Å². The first-order chi connectivity index (χ1) is 8.47. The molecule has 0 aliphatic rings. The van der Waals surface area contributed by atoms with Crippen molar-refractivity contribution >= 4 is 44.6 Å². The van der Waals surface area contributed by atoms with E-state index in [0.717, 1.165) is 15.4 Å². The number of nitrogens with one attached hydrogen (secondary N) is 1. The maximum Gasteiger partial charge on any atom is 0.161 e. The first-order valence-corrected chi connectivity index (χ1v) is 6.78. The average Bonchev–Trinajstić information content (AvgIpc) is 2.62. The van der Waals surface area contributed by atoms with Crippen LogP contribution >= 0.6 is 38.9 Å². The van der Waals surface area contributed by atoms with Gasteiger partial charge in [0.05, 0.1) is 5.69 Å². The number of thiophene rings is 1. The van der Waals surface area contributed by atoms with Crippen LogP contribution in [0.25, 0.3) is 0 Å². The predicted octanol–water partition coefficient (Wildman–Crippen LogP) is 5.19. The minimum atomic E-state index is -1.21. The second kappa shape index (κ2) is 5.50. The molecule has 0 spiro atoms. The molecule has 0 aliphatic heterocycles. The SMILES string of the molecule is Fc1cc(F)c(NCc2cc(Br)c(Cl)s2)cc1F. The third kappa shape index (κ3) is 2.99. The lowest BCUT2D eigenvalue weighted by Crippen LogP contribution is -2.01. The van der Waals surface area contributed by atoms with Gasteiger partial charge in [-0.25, -0.2) is 13.2 Å². The van der Waals surface area contributed by atoms with Gasteiger partial charge in [-0.3, -0.25) is 0 Å². The zero-order valence-corrected chi connectivity index (χ0v) is 11.9. The Kier molecular flexibility index (Phi) is 4.19. The quantitative estimate of drug-likeness (QED) is 0.746. The third-order valence-corrected chi connectivity index (χ3v) is 4.63. The lowest BCUT2D eigenvalue weighted by atomic mass is 10.3. The van der Waals surface area contributed by atoms with Crippen molar-refractivity contribution in [3.63, 3.8) is 0 Å². The van der Waals surface area contributed by atoms with Crippen molar-refractivity contribution in [2.75, 3.05) is 5.32 Å². The maximum absolute atomic E-state index is 13.3. The highest BCUT2D eigenvalue weighted by Gasteiger charge is 2.10. The smallest absolute Gasteiger partial charge is 0.161 e. The first-order valence-electron chi connectivity index (χ1n) is 4.79. The molecule has 96 valence electrons. The summed E-state index contributed by atoms with van der Waals surface area (Å²) in [6.07, 6.45) is 0. The van der Waals surface area contributed by atoms with E-state index in [1.54, 1.807) is 6.07 Å². The van der Waals surface area contributed by atoms with Gasteiger partial charge < -0.3 is 5.32 Å². The van der Waals surface area contributed by atoms with Gasteiger partial charge in [-0.1, -0.05) is 11.6 Å². The van der Waals surface area contributed by atoms with Gasteiger partial charge >= 0.3 is 0 Å². The van der Waals surface area contributed by atoms with E-state index in [9.17, 15) is 13.2 Å². The summed E-state index contributed by atoms with van der Waals surface area (Å²) in [5.74, 6) is -3.14. The summed E-state index contributed by atoms with van der Waals surface area (Å²) < 4.78 is 40.3. The van der Waals surface area contributed by atoms with Crippen molar-refractivity contribution in [3.8, 4) is 0 Å². The second-order valence-electron chi connectivity index (χ2n) is 3.43. The Hall–Kier alpha value is -0.720. The van der Waals surface area contributed by atoms with Gasteiger partial charge in [-0.05, 0) is 22.0 Å². The number of hydrogen-bond acceptors (Lipinski definition) is 2. The van der Waals surface area contributed by atoms with E-state index in [1.807, 2.05) is 0 Å². The van der Waals surface area contributed by atoms with Crippen LogP contribution in [0.3, 0.4) is 0 Å². The lowest BCUT2D eigenvalue weighted by Gasteiger charge is -2.06. The molecule has 0 saturated heterocycles. The van der Waals surface area contributed by atoms with E-state index in [2.05, 4.69) is 21.2 Å². The zero-order valence-electron chi connectivity index (χ0n) is 8.74. The fourth-order valence-corrected chi connectivity index (χ4v) is 3.05. The van der Waals surface area contributed by atoms with Crippen molar-refractivity contribution in [2.24, 2.45) is 0 Å². The molecule has 2 aromatic rings. The van der Waals surface area contributed by atoms with Crippen LogP contribution in [0.2, 0.25) is 4.34 Å². The van der Waals surface area contributed by atoms with E-state index in [4.69, 9.17) is 11.6 Å². The first kappa shape index (κ1) is 13.7. The average molecular weight is 357 g/mol. The molecule has 0 aliphatic carbocycles. The highest BCUT2D eigenvalue weighted by molar-refractivity contribution is 9.10. The van der Waals surface area contributed by atoms with Crippen LogP contribution < -0.4 is 5.32 Å². The van der Waals surface area contributed by atoms with Crippen LogP contribution in [0.15, 0.2) is 22.7 Å². The van der Waals surface area contributed by atoms with E-state index < -0.39 is 17.5 Å². The molecule has 0 saturated carbocycles. The topological polar surface area (TPSA) is 12.0 Å². The highest BCUT2D eigenvalue weighted by atomic mass is 79.9. The standard InChI is InChI=1S/C11H6BrClF3NS/c12-6-1-5(18-11(6)13)4-17-10-3-8(15)7(14)2-9(10)16/h1-3,17H,4H2. The minimum absolute atomic E-state index is 0.0884. The summed E-state index contributed by atoms with van der Waals surface area (Å²) >= 11 is 10.4. The van der Waals surface area contributed by atoms with Gasteiger partial charge in [0.25, 0.3) is 0 Å². The van der Waals surface area contributed by atoms with E-state index in [1.165, 1.54) is 11.3 Å². The minimum Gasteiger partial charge on any atom is -0.378 e. The molecule has 1 aromatic heterocycles. The molecule has 0 bridgehead atoms. The number of benzene rings is 1. The molecule has 0 unspecified atom stereocenters. The number of halogens is 5. The maximum atomic E-state index is 13.3. The molecule has 0 amide bonds. The van der Waals surface area contributed by atoms with E-state index in [-0.39, 0.29) is 12.2 Å². The third-order valence-electron chi connectivity index (χ3n) is 2.16. The van der Waals surface area contributed by atoms with E-state index >= 15 is 0 Å². The Morgan fingerprint density at radius 3 is 2.39 bits per heavy atom. The molecule has 1 aromatic carbocycles. The van der Waals surface area contributed by atoms with Gasteiger partial charge in [-0.2, -0.15) is 0 Å². The van der Waals surface area contributed by atoms with Crippen molar-refractivity contribution < 1.29 is 13.2 Å². The molecule has 1 nitrogen and oxygen atoms in total. The molecular weight excluding hydrogens is 351 g/mol. The second-order valence-corrected chi connectivity index (χ2v) is 6.03. The monoisotopic (exact) mass is 355 g/mol. The number of hydrogen-bond donors (Lipinski definition) is 1. The highest BCUT2D eigenvalue weighted by Crippen LogP contribution is 2.32. The fraction of sp³-hybridized carbons (Fsp3) is 0.0909. The molecule has 18 heavy (non-hydrogen) atoms. The van der Waals surface area contributed by atoms with Crippen molar-refractivity contribution in [1.29, 1.82) is 0 Å². The summed E-state index contributed by atoms with van der Waals surface area (Å²) in [6, 6.07) is 3.07. The van der Waals surface area contributed by atoms with Gasteiger partial charge in [-0.15, -0.1) is 11.3 Å². The van der Waals surface area contributed by atoms with Gasteiger partial charge in [0.15, 0.2) is 11.6 Å². The van der Waals surface area contributed by atoms with Crippen molar-refractivity contribution in [3.05, 3.63) is 49.3 Å². The molecule has 1 heterocycles. The summed E-state index contributed by atoms with van der Waals surface area (Å²) in [5.41, 5.74) is -0.0884. The predicted molar refractivity (Wildman–Crippen MR) is 70.7 cm³/mol. The molecule has 0 atom stereocenters. The molecular formula is C11H6BrClF3NS. The summed E-state index contributed by atoms with van der Waals surface area (Å²) in [5, 5.41) is 2.69. The molecule has 0 fully saturated rings. The Balaban J connectivity index is 2.13. The number of rotatable bonds is 3. The van der Waals surface area contributed by atoms with Gasteiger partial charge in [0, 0.05) is 28.0 Å². The largest absolute Gasteiger partial charge is 0.378 e. The fourth-order valence-electron chi connectivity index (χ4n) is 1.32. The normalized spacial score (nSPS) is 10.7. The van der Waals surface area contributed by atoms with Gasteiger partial charge in [0.1, 0.15) is 10.2 Å². The van der Waals surface area contributed by atoms with Crippen LogP contribution in [0.5, 0.6) is 0 Å². The Labute approximate surface area is 119 Å². The summed E-state index contributed by atoms with van der Waals surface area (Å²) in [7, 11) is 0. The molecule has 1 N–H and O–H groups in total. The summed E-state index contributed by atoms with van der Waals surface area (Å²) in [4.78, 5) is 0.844. The van der Waals surface area contributed by atoms with Gasteiger partial charge in [0.2, 0.25) is 0 Å². The summed E-state index contributed by atoms with van der Waals surface area (Å²) in [6.45, 7) is 0.276. The zero-order chi connectivity index (χ0) is 13.3. The Morgan fingerprint density at radius 1 is 1.11 bits per heavy atom. The van der Waals surface area contributed by atoms with Crippen LogP contribution in [-0.4, -0.2) is 0 Å². The van der Waals surface area contributed by atoms with Crippen LogP contribution in [0.4, 0.5) is 18.9 Å². The van der Waals surface area contributed by atoms with E-state index in [0.29, 0.717) is 10.4 Å². The lowest BCUT2D eigenvalue weighted by molar-refractivity contribution is 0.496. The van der Waals surface area contributed by atoms with Crippen molar-refractivity contribution in [1.82, 2.24) is 0 Å². The Bertz CT molecular complexity index is 568. The number of anilines is 1. The van der Waals surface area contributed by atoms with Crippen molar-refractivity contribution in [2.45, 2.75) is 6.54 Å². The molecule has 7 heteroatoms. The Morgan fingerprint density at radius 2 is 1.78 bits per heavy atom. The molecule has 2 rings (SSSR count). The van der Waals surface area contributed by atoms with Crippen LogP contribution in [0.1, 0.15) is 4.88 Å². The van der Waals surface area contributed by atoms with Crippen LogP contribution in [-0.2, 0) is 6.54 Å². The molecule has 0 radical (unpaired) electrons.